The number of nitrogens with zero attached hydrogens (tertiary/aromatic N) is 2. The van der Waals surface area contributed by atoms with E-state index in [2.05, 4.69) is 10.3 Å². The van der Waals surface area contributed by atoms with Crippen molar-refractivity contribution < 1.29 is 32.7 Å². The third-order valence-corrected chi connectivity index (χ3v) is 7.08. The molecule has 11 heteroatoms. The van der Waals surface area contributed by atoms with Gasteiger partial charge in [0.25, 0.3) is 5.91 Å². The van der Waals surface area contributed by atoms with Gasteiger partial charge in [0.2, 0.25) is 11.7 Å². The highest BCUT2D eigenvalue weighted by molar-refractivity contribution is 5.95. The molecule has 8 nitrogen and oxygen atoms in total. The molecule has 36 heavy (non-hydrogen) atoms. The standard InChI is InChI=1S/C25H25F3N4O4/c26-25(27,28)23-30-18-4-1-2-5-20(18)32(23)14-15-6-8-16(9-7-15)21(33)29-19-13-24(10-3-11-36-24)12-17(19)22(34)31-35/h1-2,4-9,17,19,35H,3,10-14H2,(H,29,33)(H,31,34)/t17-,19+,24+/m0/s1. The Hall–Kier alpha value is -3.44. The molecule has 1 aliphatic carbocycles. The largest absolute Gasteiger partial charge is 0.449 e. The number of halogens is 3. The zero-order chi connectivity index (χ0) is 25.5. The maximum absolute atomic E-state index is 13.6. The number of carbonyl (C=O) groups is 2. The Labute approximate surface area is 204 Å². The Kier molecular flexibility index (Phi) is 6.21. The Morgan fingerprint density at radius 2 is 1.89 bits per heavy atom. The van der Waals surface area contributed by atoms with Gasteiger partial charge in [-0.25, -0.2) is 10.5 Å². The van der Waals surface area contributed by atoms with E-state index < -0.39 is 41.4 Å². The summed E-state index contributed by atoms with van der Waals surface area (Å²) in [6.45, 7) is 0.524. The maximum atomic E-state index is 13.6. The van der Waals surface area contributed by atoms with Gasteiger partial charge in [-0.15, -0.1) is 0 Å². The van der Waals surface area contributed by atoms with E-state index in [1.54, 1.807) is 35.8 Å². The molecule has 1 spiro atoms. The van der Waals surface area contributed by atoms with E-state index in [4.69, 9.17) is 9.94 Å². The summed E-state index contributed by atoms with van der Waals surface area (Å²) >= 11 is 0. The van der Waals surface area contributed by atoms with Gasteiger partial charge in [-0.1, -0.05) is 24.3 Å². The van der Waals surface area contributed by atoms with E-state index in [9.17, 15) is 22.8 Å². The summed E-state index contributed by atoms with van der Waals surface area (Å²) in [6, 6.07) is 12.1. The number of fused-ring (bicyclic) bond motifs is 1. The van der Waals surface area contributed by atoms with Crippen LogP contribution in [-0.2, 0) is 22.3 Å². The van der Waals surface area contributed by atoms with E-state index in [-0.39, 0.29) is 12.1 Å². The summed E-state index contributed by atoms with van der Waals surface area (Å²) in [5, 5.41) is 12.0. The molecule has 1 saturated heterocycles. The molecular weight excluding hydrogens is 477 g/mol. The Morgan fingerprint density at radius 1 is 1.14 bits per heavy atom. The highest BCUT2D eigenvalue weighted by atomic mass is 19.4. The maximum Gasteiger partial charge on any atom is 0.449 e. The monoisotopic (exact) mass is 502 g/mol. The summed E-state index contributed by atoms with van der Waals surface area (Å²) in [7, 11) is 0. The highest BCUT2D eigenvalue weighted by Crippen LogP contribution is 2.44. The van der Waals surface area contributed by atoms with Crippen LogP contribution in [0.25, 0.3) is 11.0 Å². The van der Waals surface area contributed by atoms with Crippen molar-refractivity contribution in [3.8, 4) is 0 Å². The first-order valence-electron chi connectivity index (χ1n) is 11.7. The summed E-state index contributed by atoms with van der Waals surface area (Å²) in [6.07, 6.45) is -2.09. The first-order valence-corrected chi connectivity index (χ1v) is 11.7. The van der Waals surface area contributed by atoms with Crippen molar-refractivity contribution >= 4 is 22.8 Å². The van der Waals surface area contributed by atoms with Gasteiger partial charge < -0.3 is 14.6 Å². The van der Waals surface area contributed by atoms with Gasteiger partial charge in [-0.2, -0.15) is 13.2 Å². The second-order valence-electron chi connectivity index (χ2n) is 9.41. The molecule has 190 valence electrons. The fraction of sp³-hybridized carbons (Fsp3) is 0.400. The van der Waals surface area contributed by atoms with Crippen LogP contribution in [0.3, 0.4) is 0 Å². The number of amides is 2. The fourth-order valence-electron chi connectivity index (χ4n) is 5.40. The van der Waals surface area contributed by atoms with Crippen LogP contribution in [0, 0.1) is 5.92 Å². The van der Waals surface area contributed by atoms with Crippen LogP contribution in [0.15, 0.2) is 48.5 Å². The average molecular weight is 502 g/mol. The van der Waals surface area contributed by atoms with Crippen LogP contribution in [0.5, 0.6) is 0 Å². The predicted octanol–water partition coefficient (Wildman–Crippen LogP) is 3.67. The van der Waals surface area contributed by atoms with Crippen molar-refractivity contribution in [3.63, 3.8) is 0 Å². The number of carbonyl (C=O) groups excluding carboxylic acids is 2. The van der Waals surface area contributed by atoms with E-state index >= 15 is 0 Å². The van der Waals surface area contributed by atoms with E-state index in [0.29, 0.717) is 36.1 Å². The Bertz CT molecular complexity index is 1280. The van der Waals surface area contributed by atoms with Crippen molar-refractivity contribution in [1.82, 2.24) is 20.3 Å². The number of aromatic nitrogens is 2. The van der Waals surface area contributed by atoms with Crippen molar-refractivity contribution in [3.05, 3.63) is 65.5 Å². The topological polar surface area (TPSA) is 105 Å². The Morgan fingerprint density at radius 3 is 2.56 bits per heavy atom. The normalized spacial score (nSPS) is 23.9. The molecule has 3 N–H and O–H groups in total. The Balaban J connectivity index is 1.33. The lowest BCUT2D eigenvalue weighted by Crippen LogP contribution is -2.43. The van der Waals surface area contributed by atoms with Gasteiger partial charge in [0, 0.05) is 24.8 Å². The zero-order valence-corrected chi connectivity index (χ0v) is 19.2. The van der Waals surface area contributed by atoms with Crippen LogP contribution >= 0.6 is 0 Å². The van der Waals surface area contributed by atoms with E-state index in [1.807, 2.05) is 0 Å². The third-order valence-electron chi connectivity index (χ3n) is 7.08. The summed E-state index contributed by atoms with van der Waals surface area (Å²) in [5.41, 5.74) is 2.69. The van der Waals surface area contributed by atoms with E-state index in [1.165, 1.54) is 18.2 Å². The molecule has 2 aliphatic rings. The van der Waals surface area contributed by atoms with Crippen molar-refractivity contribution in [2.75, 3.05) is 6.61 Å². The number of nitrogens with one attached hydrogen (secondary N) is 2. The number of hydrogen-bond acceptors (Lipinski definition) is 5. The van der Waals surface area contributed by atoms with Gasteiger partial charge >= 0.3 is 6.18 Å². The van der Waals surface area contributed by atoms with Gasteiger partial charge in [0.05, 0.1) is 22.6 Å². The van der Waals surface area contributed by atoms with Crippen LogP contribution in [0.4, 0.5) is 13.2 Å². The quantitative estimate of drug-likeness (QED) is 0.365. The molecule has 0 bridgehead atoms. The summed E-state index contributed by atoms with van der Waals surface area (Å²) < 4.78 is 47.7. The minimum absolute atomic E-state index is 0.0709. The van der Waals surface area contributed by atoms with Gasteiger partial charge in [-0.3, -0.25) is 14.8 Å². The van der Waals surface area contributed by atoms with Crippen LogP contribution in [0.1, 0.15) is 47.4 Å². The fourth-order valence-corrected chi connectivity index (χ4v) is 5.40. The number of alkyl halides is 3. The lowest BCUT2D eigenvalue weighted by molar-refractivity contribution is -0.146. The number of rotatable bonds is 5. The molecule has 0 unspecified atom stereocenters. The number of hydrogen-bond donors (Lipinski definition) is 3. The average Bonchev–Trinajstić information content (AvgIpc) is 3.57. The number of para-hydroxylation sites is 2. The molecule has 2 heterocycles. The molecule has 1 aliphatic heterocycles. The lowest BCUT2D eigenvalue weighted by Gasteiger charge is -2.22. The predicted molar refractivity (Wildman–Crippen MR) is 122 cm³/mol. The van der Waals surface area contributed by atoms with Crippen molar-refractivity contribution in [1.29, 1.82) is 0 Å². The zero-order valence-electron chi connectivity index (χ0n) is 19.2. The molecule has 2 amide bonds. The van der Waals surface area contributed by atoms with E-state index in [0.717, 1.165) is 17.4 Å². The van der Waals surface area contributed by atoms with Gasteiger partial charge in [0.1, 0.15) is 0 Å². The minimum atomic E-state index is -4.61. The molecule has 2 aromatic carbocycles. The number of benzene rings is 2. The van der Waals surface area contributed by atoms with Crippen LogP contribution in [-0.4, -0.2) is 44.8 Å². The smallest absolute Gasteiger partial charge is 0.375 e. The number of hydroxylamine groups is 1. The molecular formula is C25H25F3N4O4. The molecule has 0 radical (unpaired) electrons. The molecule has 2 fully saturated rings. The summed E-state index contributed by atoms with van der Waals surface area (Å²) in [5.74, 6) is -2.60. The molecule has 1 saturated carbocycles. The van der Waals surface area contributed by atoms with Crippen LogP contribution in [0.2, 0.25) is 0 Å². The van der Waals surface area contributed by atoms with Crippen molar-refractivity contribution in [2.45, 2.75) is 50.0 Å². The number of imidazole rings is 1. The SMILES string of the molecule is O=C(N[C@@H]1C[C@@]2(CCCO2)C[C@@H]1C(=O)NO)c1ccc(Cn2c(C(F)(F)F)nc3ccccc32)cc1. The third kappa shape index (κ3) is 4.56. The second kappa shape index (κ2) is 9.21. The van der Waals surface area contributed by atoms with Gasteiger partial charge in [-0.05, 0) is 55.5 Å². The van der Waals surface area contributed by atoms with Gasteiger partial charge in [0.15, 0.2) is 0 Å². The molecule has 5 rings (SSSR count). The summed E-state index contributed by atoms with van der Waals surface area (Å²) in [4.78, 5) is 28.9. The lowest BCUT2D eigenvalue weighted by atomic mass is 9.96. The minimum Gasteiger partial charge on any atom is -0.375 e. The number of ether oxygens (including phenoxy) is 1. The molecule has 3 aromatic rings. The first-order chi connectivity index (χ1) is 17.2. The second-order valence-corrected chi connectivity index (χ2v) is 9.41. The molecule has 1 aromatic heterocycles. The highest BCUT2D eigenvalue weighted by Gasteiger charge is 2.51. The van der Waals surface area contributed by atoms with Crippen LogP contribution < -0.4 is 10.8 Å². The first kappa shape index (κ1) is 24.3. The molecule has 3 atom stereocenters. The van der Waals surface area contributed by atoms with Crippen molar-refractivity contribution in [2.24, 2.45) is 5.92 Å².